The van der Waals surface area contributed by atoms with E-state index in [4.69, 9.17) is 0 Å². The molecule has 1 saturated heterocycles. The third kappa shape index (κ3) is 4.44. The van der Waals surface area contributed by atoms with E-state index in [-0.39, 0.29) is 0 Å². The van der Waals surface area contributed by atoms with E-state index in [0.717, 1.165) is 48.6 Å². The number of rotatable bonds is 6. The van der Waals surface area contributed by atoms with E-state index in [1.54, 1.807) is 6.07 Å². The highest BCUT2D eigenvalue weighted by Gasteiger charge is 2.26. The second-order valence-electron chi connectivity index (χ2n) is 5.91. The summed E-state index contributed by atoms with van der Waals surface area (Å²) < 4.78 is 1.04. The van der Waals surface area contributed by atoms with E-state index >= 15 is 0 Å². The van der Waals surface area contributed by atoms with Crippen molar-refractivity contribution in [2.75, 3.05) is 26.2 Å². The summed E-state index contributed by atoms with van der Waals surface area (Å²) in [6, 6.07) is 6.07. The van der Waals surface area contributed by atoms with E-state index in [1.807, 2.05) is 6.07 Å². The summed E-state index contributed by atoms with van der Waals surface area (Å²) in [5.41, 5.74) is 1.05. The first-order valence-electron chi connectivity index (χ1n) is 8.08. The molecule has 1 aliphatic heterocycles. The van der Waals surface area contributed by atoms with Gasteiger partial charge in [0.2, 0.25) is 0 Å². The van der Waals surface area contributed by atoms with Gasteiger partial charge < -0.3 is 10.4 Å². The molecule has 0 amide bonds. The van der Waals surface area contributed by atoms with Crippen LogP contribution >= 0.6 is 15.9 Å². The third-order valence-electron chi connectivity index (χ3n) is 4.51. The SMILES string of the molecule is CCNCC1CCN(C(CC)c2cc(Br)ccc2O)CC1. The van der Waals surface area contributed by atoms with Gasteiger partial charge in [0.1, 0.15) is 5.75 Å². The maximum absolute atomic E-state index is 10.2. The quantitative estimate of drug-likeness (QED) is 0.812. The molecular weight excluding hydrogens is 328 g/mol. The number of phenolic OH excluding ortho intramolecular Hbond substituents is 1. The van der Waals surface area contributed by atoms with Crippen molar-refractivity contribution in [2.24, 2.45) is 5.92 Å². The van der Waals surface area contributed by atoms with Gasteiger partial charge in [-0.2, -0.15) is 0 Å². The first-order chi connectivity index (χ1) is 10.2. The molecule has 21 heavy (non-hydrogen) atoms. The first kappa shape index (κ1) is 16.8. The number of phenols is 1. The second-order valence-corrected chi connectivity index (χ2v) is 6.83. The summed E-state index contributed by atoms with van der Waals surface area (Å²) in [5, 5.41) is 13.6. The molecule has 0 saturated carbocycles. The Labute approximate surface area is 136 Å². The summed E-state index contributed by atoms with van der Waals surface area (Å²) >= 11 is 3.52. The van der Waals surface area contributed by atoms with Gasteiger partial charge >= 0.3 is 0 Å². The topological polar surface area (TPSA) is 35.5 Å². The monoisotopic (exact) mass is 354 g/mol. The maximum Gasteiger partial charge on any atom is 0.120 e. The largest absolute Gasteiger partial charge is 0.508 e. The number of nitrogens with zero attached hydrogens (tertiary/aromatic N) is 1. The molecule has 0 spiro atoms. The van der Waals surface area contributed by atoms with Gasteiger partial charge in [-0.1, -0.05) is 29.8 Å². The van der Waals surface area contributed by atoms with Crippen LogP contribution in [0.2, 0.25) is 0 Å². The van der Waals surface area contributed by atoms with Crippen LogP contribution in [0, 0.1) is 5.92 Å². The maximum atomic E-state index is 10.2. The Kier molecular flexibility index (Phi) is 6.52. The summed E-state index contributed by atoms with van der Waals surface area (Å²) in [6.45, 7) is 8.82. The number of benzene rings is 1. The molecule has 118 valence electrons. The van der Waals surface area contributed by atoms with Crippen LogP contribution < -0.4 is 5.32 Å². The summed E-state index contributed by atoms with van der Waals surface area (Å²) in [6.07, 6.45) is 3.53. The molecule has 1 heterocycles. The zero-order valence-corrected chi connectivity index (χ0v) is 14.7. The second kappa shape index (κ2) is 8.16. The van der Waals surface area contributed by atoms with Crippen molar-refractivity contribution in [2.45, 2.75) is 39.2 Å². The molecular formula is C17H27BrN2O. The van der Waals surface area contributed by atoms with Gasteiger partial charge in [-0.15, -0.1) is 0 Å². The van der Waals surface area contributed by atoms with E-state index in [9.17, 15) is 5.11 Å². The van der Waals surface area contributed by atoms with Crippen LogP contribution in [0.3, 0.4) is 0 Å². The van der Waals surface area contributed by atoms with Crippen molar-refractivity contribution in [3.05, 3.63) is 28.2 Å². The average Bonchev–Trinajstić information content (AvgIpc) is 2.50. The third-order valence-corrected chi connectivity index (χ3v) is 5.00. The van der Waals surface area contributed by atoms with E-state index in [1.165, 1.54) is 12.8 Å². The number of aromatic hydroxyl groups is 1. The fourth-order valence-electron chi connectivity index (χ4n) is 3.28. The molecule has 4 heteroatoms. The minimum Gasteiger partial charge on any atom is -0.508 e. The fourth-order valence-corrected chi connectivity index (χ4v) is 3.66. The molecule has 1 unspecified atom stereocenters. The molecule has 1 atom stereocenters. The molecule has 0 bridgehead atoms. The molecule has 0 radical (unpaired) electrons. The Morgan fingerprint density at radius 2 is 2.05 bits per heavy atom. The van der Waals surface area contributed by atoms with Crippen LogP contribution in [-0.4, -0.2) is 36.2 Å². The molecule has 0 aromatic heterocycles. The van der Waals surface area contributed by atoms with Gasteiger partial charge in [0.05, 0.1) is 0 Å². The smallest absolute Gasteiger partial charge is 0.120 e. The number of piperidine rings is 1. The van der Waals surface area contributed by atoms with E-state index in [2.05, 4.69) is 46.1 Å². The standard InChI is InChI=1S/C17H27BrN2O/c1-3-16(15-11-14(18)5-6-17(15)21)20-9-7-13(8-10-20)12-19-4-2/h5-6,11,13,16,19,21H,3-4,7-10,12H2,1-2H3. The van der Waals surface area contributed by atoms with Gasteiger partial charge in [0.15, 0.2) is 0 Å². The zero-order valence-electron chi connectivity index (χ0n) is 13.1. The summed E-state index contributed by atoms with van der Waals surface area (Å²) in [4.78, 5) is 2.53. The lowest BCUT2D eigenvalue weighted by atomic mass is 9.93. The highest BCUT2D eigenvalue weighted by atomic mass is 79.9. The predicted molar refractivity (Wildman–Crippen MR) is 91.7 cm³/mol. The fraction of sp³-hybridized carbons (Fsp3) is 0.647. The molecule has 0 aliphatic carbocycles. The van der Waals surface area contributed by atoms with Crippen molar-refractivity contribution < 1.29 is 5.11 Å². The molecule has 1 aromatic rings. The molecule has 1 fully saturated rings. The van der Waals surface area contributed by atoms with Gasteiger partial charge in [0, 0.05) is 16.1 Å². The highest BCUT2D eigenvalue weighted by molar-refractivity contribution is 9.10. The molecule has 2 N–H and O–H groups in total. The number of likely N-dealkylation sites (tertiary alicyclic amines) is 1. The number of hydrogen-bond acceptors (Lipinski definition) is 3. The summed E-state index contributed by atoms with van der Waals surface area (Å²) in [5.74, 6) is 1.22. The lowest BCUT2D eigenvalue weighted by Crippen LogP contribution is -2.39. The molecule has 2 rings (SSSR count). The Bertz CT molecular complexity index is 444. The van der Waals surface area contributed by atoms with Crippen LogP contribution in [0.15, 0.2) is 22.7 Å². The predicted octanol–water partition coefficient (Wildman–Crippen LogP) is 3.93. The minimum absolute atomic E-state index is 0.322. The molecule has 3 nitrogen and oxygen atoms in total. The normalized spacial score (nSPS) is 18.8. The average molecular weight is 355 g/mol. The molecule has 1 aromatic carbocycles. The van der Waals surface area contributed by atoms with Gasteiger partial charge in [0.25, 0.3) is 0 Å². The van der Waals surface area contributed by atoms with Crippen molar-refractivity contribution in [3.63, 3.8) is 0 Å². The van der Waals surface area contributed by atoms with Crippen molar-refractivity contribution >= 4 is 15.9 Å². The molecule has 1 aliphatic rings. The Hall–Kier alpha value is -0.580. The Morgan fingerprint density at radius 1 is 1.33 bits per heavy atom. The minimum atomic E-state index is 0.322. The Balaban J connectivity index is 2.01. The van der Waals surface area contributed by atoms with Crippen molar-refractivity contribution in [1.82, 2.24) is 10.2 Å². The van der Waals surface area contributed by atoms with Crippen LogP contribution in [0.25, 0.3) is 0 Å². The Morgan fingerprint density at radius 3 is 2.67 bits per heavy atom. The van der Waals surface area contributed by atoms with Crippen LogP contribution in [0.4, 0.5) is 0 Å². The van der Waals surface area contributed by atoms with Crippen molar-refractivity contribution in [1.29, 1.82) is 0 Å². The lowest BCUT2D eigenvalue weighted by Gasteiger charge is -2.37. The number of hydrogen-bond donors (Lipinski definition) is 2. The van der Waals surface area contributed by atoms with Crippen LogP contribution in [-0.2, 0) is 0 Å². The first-order valence-corrected chi connectivity index (χ1v) is 8.88. The van der Waals surface area contributed by atoms with Gasteiger partial charge in [-0.3, -0.25) is 4.90 Å². The summed E-state index contributed by atoms with van der Waals surface area (Å²) in [7, 11) is 0. The van der Waals surface area contributed by atoms with Crippen molar-refractivity contribution in [3.8, 4) is 5.75 Å². The van der Waals surface area contributed by atoms with Crippen LogP contribution in [0.1, 0.15) is 44.7 Å². The number of halogens is 1. The highest BCUT2D eigenvalue weighted by Crippen LogP contribution is 2.35. The van der Waals surface area contributed by atoms with E-state index in [0.29, 0.717) is 11.8 Å². The van der Waals surface area contributed by atoms with Crippen LogP contribution in [0.5, 0.6) is 5.75 Å². The van der Waals surface area contributed by atoms with E-state index < -0.39 is 0 Å². The number of nitrogens with one attached hydrogen (secondary N) is 1. The zero-order chi connectivity index (χ0) is 15.2. The van der Waals surface area contributed by atoms with Gasteiger partial charge in [-0.25, -0.2) is 0 Å². The lowest BCUT2D eigenvalue weighted by molar-refractivity contribution is 0.126. The van der Waals surface area contributed by atoms with Gasteiger partial charge in [-0.05, 0) is 69.6 Å².